The zero-order chi connectivity index (χ0) is 21.5. The van der Waals surface area contributed by atoms with Crippen LogP contribution in [0.5, 0.6) is 0 Å². The van der Waals surface area contributed by atoms with E-state index in [1.165, 1.54) is 0 Å². The Morgan fingerprint density at radius 2 is 1.90 bits per heavy atom. The van der Waals surface area contributed by atoms with Crippen molar-refractivity contribution in [3.8, 4) is 0 Å². The van der Waals surface area contributed by atoms with E-state index in [4.69, 9.17) is 15.2 Å². The van der Waals surface area contributed by atoms with Crippen LogP contribution in [0, 0.1) is 0 Å². The molecule has 10 nitrogen and oxygen atoms in total. The molecular formula is C20H24N6O4. The van der Waals surface area contributed by atoms with E-state index in [9.17, 15) is 9.59 Å². The van der Waals surface area contributed by atoms with E-state index in [1.54, 1.807) is 44.2 Å². The number of nitrogens with two attached hydrogens (primary N) is 1. The summed E-state index contributed by atoms with van der Waals surface area (Å²) in [5.41, 5.74) is 9.39. The number of carbonyl (C=O) groups excluding carboxylic acids is 2. The molecule has 0 saturated heterocycles. The van der Waals surface area contributed by atoms with E-state index < -0.39 is 6.09 Å². The average Bonchev–Trinajstić information content (AvgIpc) is 2.73. The largest absolute Gasteiger partial charge is 0.462 e. The smallest absolute Gasteiger partial charge is 0.412 e. The number of esters is 1. The maximum absolute atomic E-state index is 11.7. The van der Waals surface area contributed by atoms with Gasteiger partial charge in [-0.05, 0) is 38.1 Å². The lowest BCUT2D eigenvalue weighted by Crippen LogP contribution is -2.25. The van der Waals surface area contributed by atoms with Gasteiger partial charge in [-0.15, -0.1) is 0 Å². The van der Waals surface area contributed by atoms with Crippen molar-refractivity contribution in [2.45, 2.75) is 13.8 Å². The summed E-state index contributed by atoms with van der Waals surface area (Å²) in [6, 6.07) is 8.68. The lowest BCUT2D eigenvalue weighted by molar-refractivity contribution is 0.0526. The maximum Gasteiger partial charge on any atom is 0.412 e. The number of nitrogens with one attached hydrogen (secondary N) is 3. The molecular weight excluding hydrogens is 388 g/mol. The van der Waals surface area contributed by atoms with Gasteiger partial charge in [-0.2, -0.15) is 0 Å². The highest BCUT2D eigenvalue weighted by molar-refractivity contribution is 6.00. The Labute approximate surface area is 173 Å². The van der Waals surface area contributed by atoms with E-state index in [0.717, 1.165) is 11.4 Å². The number of amides is 1. The highest BCUT2D eigenvalue weighted by Crippen LogP contribution is 2.35. The second kappa shape index (κ2) is 9.59. The molecule has 1 aliphatic heterocycles. The highest BCUT2D eigenvalue weighted by atomic mass is 16.5. The minimum atomic E-state index is -0.595. The third-order valence-electron chi connectivity index (χ3n) is 4.17. The molecule has 0 unspecified atom stereocenters. The van der Waals surface area contributed by atoms with Crippen LogP contribution in [0.2, 0.25) is 0 Å². The zero-order valence-corrected chi connectivity index (χ0v) is 16.8. The third kappa shape index (κ3) is 5.16. The van der Waals surface area contributed by atoms with Gasteiger partial charge < -0.3 is 25.8 Å². The minimum absolute atomic E-state index is 0.197. The Morgan fingerprint density at radius 1 is 1.17 bits per heavy atom. The van der Waals surface area contributed by atoms with Gasteiger partial charge in [-0.25, -0.2) is 19.6 Å². The fourth-order valence-electron chi connectivity index (χ4n) is 2.79. The lowest BCUT2D eigenvalue weighted by Gasteiger charge is -2.20. The topological polar surface area (TPSA) is 140 Å². The second-order valence-electron chi connectivity index (χ2n) is 6.32. The molecule has 158 valence electrons. The first-order valence-corrected chi connectivity index (χ1v) is 9.55. The third-order valence-corrected chi connectivity index (χ3v) is 4.17. The summed E-state index contributed by atoms with van der Waals surface area (Å²) in [7, 11) is 0. The quantitative estimate of drug-likeness (QED) is 0.509. The monoisotopic (exact) mass is 412 g/mol. The number of hydrogen-bond acceptors (Lipinski definition) is 9. The molecule has 10 heteroatoms. The first-order valence-electron chi connectivity index (χ1n) is 9.55. The van der Waals surface area contributed by atoms with Crippen LogP contribution in [-0.4, -0.2) is 49.1 Å². The van der Waals surface area contributed by atoms with Gasteiger partial charge in [0.2, 0.25) is 0 Å². The van der Waals surface area contributed by atoms with E-state index in [0.29, 0.717) is 36.6 Å². The average molecular weight is 412 g/mol. The molecule has 3 rings (SSSR count). The first kappa shape index (κ1) is 20.9. The maximum atomic E-state index is 11.7. The SMILES string of the molecule is CCOC(=O)Nc1cc2c(c(N)n1)N=C(CNc1ccc(C(=O)OCC)cc1)CN2. The van der Waals surface area contributed by atoms with Crippen LogP contribution in [0.1, 0.15) is 24.2 Å². The van der Waals surface area contributed by atoms with Crippen LogP contribution < -0.4 is 21.7 Å². The van der Waals surface area contributed by atoms with Gasteiger partial charge in [-0.3, -0.25) is 5.32 Å². The number of fused-ring (bicyclic) bond motifs is 1. The van der Waals surface area contributed by atoms with E-state index in [2.05, 4.69) is 25.9 Å². The number of pyridine rings is 1. The van der Waals surface area contributed by atoms with Crippen molar-refractivity contribution in [1.29, 1.82) is 0 Å². The molecule has 0 radical (unpaired) electrons. The molecule has 1 aromatic heterocycles. The van der Waals surface area contributed by atoms with Crippen molar-refractivity contribution in [2.24, 2.45) is 4.99 Å². The molecule has 0 fully saturated rings. The molecule has 0 aliphatic carbocycles. The Kier molecular flexibility index (Phi) is 6.68. The van der Waals surface area contributed by atoms with Gasteiger partial charge in [0.15, 0.2) is 5.82 Å². The van der Waals surface area contributed by atoms with Gasteiger partial charge in [-0.1, -0.05) is 0 Å². The van der Waals surface area contributed by atoms with Crippen molar-refractivity contribution in [3.05, 3.63) is 35.9 Å². The standard InChI is InChI=1S/C20H24N6O4/c1-3-29-19(27)12-5-7-13(8-6-12)22-10-14-11-23-15-9-16(26-20(28)30-4-2)25-18(21)17(15)24-14/h5-9,22-23H,3-4,10-11H2,1-2H3,(H3,21,25,26,28). The summed E-state index contributed by atoms with van der Waals surface area (Å²) in [6.07, 6.45) is -0.595. The van der Waals surface area contributed by atoms with Crippen molar-refractivity contribution in [1.82, 2.24) is 4.98 Å². The van der Waals surface area contributed by atoms with Gasteiger partial charge >= 0.3 is 12.1 Å². The number of hydrogen-bond donors (Lipinski definition) is 4. The molecule has 5 N–H and O–H groups in total. The van der Waals surface area contributed by atoms with E-state index >= 15 is 0 Å². The number of aliphatic imine (C=N–C) groups is 1. The van der Waals surface area contributed by atoms with Crippen LogP contribution in [0.4, 0.5) is 33.5 Å². The number of carbonyl (C=O) groups is 2. The van der Waals surface area contributed by atoms with Crippen molar-refractivity contribution < 1.29 is 19.1 Å². The number of nitrogen functional groups attached to an aromatic ring is 1. The molecule has 0 atom stereocenters. The number of nitrogens with zero attached hydrogens (tertiary/aromatic N) is 2. The van der Waals surface area contributed by atoms with Crippen LogP contribution in [-0.2, 0) is 9.47 Å². The van der Waals surface area contributed by atoms with Gasteiger partial charge in [0.05, 0.1) is 43.3 Å². The molecule has 1 amide bonds. The molecule has 0 saturated carbocycles. The zero-order valence-electron chi connectivity index (χ0n) is 16.8. The summed E-state index contributed by atoms with van der Waals surface area (Å²) < 4.78 is 9.82. The Balaban J connectivity index is 1.64. The summed E-state index contributed by atoms with van der Waals surface area (Å²) in [5.74, 6) is 0.139. The summed E-state index contributed by atoms with van der Waals surface area (Å²) in [5, 5.41) is 9.01. The van der Waals surface area contributed by atoms with Crippen molar-refractivity contribution >= 4 is 46.5 Å². The van der Waals surface area contributed by atoms with Crippen molar-refractivity contribution in [3.63, 3.8) is 0 Å². The fourth-order valence-corrected chi connectivity index (χ4v) is 2.79. The lowest BCUT2D eigenvalue weighted by atomic mass is 10.2. The minimum Gasteiger partial charge on any atom is -0.462 e. The van der Waals surface area contributed by atoms with E-state index in [1.807, 2.05) is 0 Å². The molecule has 1 aromatic carbocycles. The van der Waals surface area contributed by atoms with Crippen molar-refractivity contribution in [2.75, 3.05) is 48.0 Å². The predicted molar refractivity (Wildman–Crippen MR) is 116 cm³/mol. The van der Waals surface area contributed by atoms with E-state index in [-0.39, 0.29) is 24.2 Å². The summed E-state index contributed by atoms with van der Waals surface area (Å²) in [4.78, 5) is 32.0. The number of anilines is 4. The van der Waals surface area contributed by atoms with Crippen LogP contribution >= 0.6 is 0 Å². The Bertz CT molecular complexity index is 959. The number of benzene rings is 1. The van der Waals surface area contributed by atoms with Crippen LogP contribution in [0.3, 0.4) is 0 Å². The van der Waals surface area contributed by atoms with Gasteiger partial charge in [0.25, 0.3) is 0 Å². The Hall–Kier alpha value is -3.82. The molecule has 2 aromatic rings. The van der Waals surface area contributed by atoms with Gasteiger partial charge in [0, 0.05) is 11.8 Å². The number of ether oxygens (including phenoxy) is 2. The summed E-state index contributed by atoms with van der Waals surface area (Å²) >= 11 is 0. The molecule has 30 heavy (non-hydrogen) atoms. The normalized spacial score (nSPS) is 12.1. The second-order valence-corrected chi connectivity index (χ2v) is 6.32. The highest BCUT2D eigenvalue weighted by Gasteiger charge is 2.17. The number of aromatic nitrogens is 1. The number of rotatable bonds is 7. The van der Waals surface area contributed by atoms with Gasteiger partial charge in [0.1, 0.15) is 11.5 Å². The molecule has 0 bridgehead atoms. The molecule has 1 aliphatic rings. The molecule has 0 spiro atoms. The first-order chi connectivity index (χ1) is 14.5. The predicted octanol–water partition coefficient (Wildman–Crippen LogP) is 3.02. The Morgan fingerprint density at radius 3 is 2.60 bits per heavy atom. The van der Waals surface area contributed by atoms with Crippen LogP contribution in [0.15, 0.2) is 35.3 Å². The summed E-state index contributed by atoms with van der Waals surface area (Å²) in [6.45, 7) is 5.07. The fraction of sp³-hybridized carbons (Fsp3) is 0.300. The molecule has 2 heterocycles. The van der Waals surface area contributed by atoms with Crippen LogP contribution in [0.25, 0.3) is 0 Å².